The number of ether oxygens (including phenoxy) is 1. The molecule has 0 heterocycles. The van der Waals surface area contributed by atoms with Crippen molar-refractivity contribution in [2.75, 3.05) is 12.9 Å². The van der Waals surface area contributed by atoms with Gasteiger partial charge in [-0.1, -0.05) is 18.2 Å². The summed E-state index contributed by atoms with van der Waals surface area (Å²) in [6.45, 7) is 0. The van der Waals surface area contributed by atoms with Crippen LogP contribution < -0.4 is 5.32 Å². The number of esters is 1. The van der Waals surface area contributed by atoms with Crippen LogP contribution in [0.5, 0.6) is 0 Å². The van der Waals surface area contributed by atoms with Crippen molar-refractivity contribution < 1.29 is 24.2 Å². The molecule has 114 valence electrons. The number of methoxy groups -OCH3 is 1. The molecule has 0 aromatic heterocycles. The van der Waals surface area contributed by atoms with Crippen LogP contribution in [-0.4, -0.2) is 41.9 Å². The van der Waals surface area contributed by atoms with Crippen LogP contribution in [0.4, 0.5) is 0 Å². The zero-order valence-corrected chi connectivity index (χ0v) is 12.4. The average Bonchev–Trinajstić information content (AvgIpc) is 2.47. The van der Waals surface area contributed by atoms with E-state index in [0.717, 1.165) is 4.90 Å². The van der Waals surface area contributed by atoms with Gasteiger partial charge >= 0.3 is 11.9 Å². The Labute approximate surface area is 126 Å². The number of amides is 1. The Bertz CT molecular complexity index is 491. The highest BCUT2D eigenvalue weighted by Gasteiger charge is 2.23. The second-order valence-electron chi connectivity index (χ2n) is 4.15. The summed E-state index contributed by atoms with van der Waals surface area (Å²) in [5, 5.41) is 11.3. The Morgan fingerprint density at radius 1 is 1.29 bits per heavy atom. The van der Waals surface area contributed by atoms with Gasteiger partial charge in [0.1, 0.15) is 6.04 Å². The number of aliphatic carboxylic acids is 1. The maximum absolute atomic E-state index is 11.7. The minimum atomic E-state index is -1.26. The van der Waals surface area contributed by atoms with Gasteiger partial charge < -0.3 is 15.2 Å². The van der Waals surface area contributed by atoms with E-state index in [9.17, 15) is 14.4 Å². The first-order valence-corrected chi connectivity index (χ1v) is 7.28. The quantitative estimate of drug-likeness (QED) is 0.555. The maximum Gasteiger partial charge on any atom is 0.326 e. The van der Waals surface area contributed by atoms with Gasteiger partial charge in [0.05, 0.1) is 13.5 Å². The fourth-order valence-corrected chi connectivity index (χ4v) is 2.37. The van der Waals surface area contributed by atoms with Crippen molar-refractivity contribution in [3.8, 4) is 0 Å². The monoisotopic (exact) mass is 311 g/mol. The predicted octanol–water partition coefficient (Wildman–Crippen LogP) is 1.30. The molecule has 0 unspecified atom stereocenters. The topological polar surface area (TPSA) is 92.7 Å². The fraction of sp³-hybridized carbons (Fsp3) is 0.357. The molecule has 7 heteroatoms. The van der Waals surface area contributed by atoms with Crippen LogP contribution in [0.25, 0.3) is 0 Å². The van der Waals surface area contributed by atoms with Crippen LogP contribution in [0.1, 0.15) is 12.8 Å². The number of hydrogen-bond donors (Lipinski definition) is 2. The van der Waals surface area contributed by atoms with Gasteiger partial charge in [-0.2, -0.15) is 0 Å². The lowest BCUT2D eigenvalue weighted by molar-refractivity contribution is -0.148. The first-order chi connectivity index (χ1) is 10.0. The van der Waals surface area contributed by atoms with E-state index in [1.807, 2.05) is 30.3 Å². The number of benzene rings is 1. The number of hydrogen-bond acceptors (Lipinski definition) is 5. The first-order valence-electron chi connectivity index (χ1n) is 6.29. The third-order valence-electron chi connectivity index (χ3n) is 2.57. The number of carboxylic acid groups (broad SMARTS) is 1. The van der Waals surface area contributed by atoms with E-state index in [1.165, 1.54) is 18.9 Å². The molecule has 0 bridgehead atoms. The van der Waals surface area contributed by atoms with E-state index in [4.69, 9.17) is 5.11 Å². The predicted molar refractivity (Wildman–Crippen MR) is 78.0 cm³/mol. The Balaban J connectivity index is 2.36. The van der Waals surface area contributed by atoms with Gasteiger partial charge in [0.2, 0.25) is 5.91 Å². The Morgan fingerprint density at radius 2 is 1.95 bits per heavy atom. The van der Waals surface area contributed by atoms with Crippen LogP contribution in [0.3, 0.4) is 0 Å². The molecule has 0 saturated heterocycles. The first kappa shape index (κ1) is 17.0. The molecule has 1 atom stereocenters. The molecular formula is C14H17NO5S. The minimum Gasteiger partial charge on any atom is -0.480 e. The minimum absolute atomic E-state index is 0.171. The molecular weight excluding hydrogens is 294 g/mol. The Hall–Kier alpha value is -2.02. The summed E-state index contributed by atoms with van der Waals surface area (Å²) in [6.07, 6.45) is -0.214. The van der Waals surface area contributed by atoms with E-state index in [0.29, 0.717) is 5.75 Å². The Kier molecular flexibility index (Phi) is 7.31. The molecule has 0 spiro atoms. The number of carbonyl (C=O) groups excluding carboxylic acids is 2. The van der Waals surface area contributed by atoms with Crippen molar-refractivity contribution in [2.45, 2.75) is 23.8 Å². The van der Waals surface area contributed by atoms with Gasteiger partial charge in [0.15, 0.2) is 0 Å². The molecule has 0 aliphatic carbocycles. The molecule has 0 aliphatic rings. The molecule has 1 aromatic rings. The van der Waals surface area contributed by atoms with Gasteiger partial charge in [-0.05, 0) is 12.1 Å². The summed E-state index contributed by atoms with van der Waals surface area (Å²) in [5.41, 5.74) is 0. The van der Waals surface area contributed by atoms with E-state index in [-0.39, 0.29) is 12.8 Å². The van der Waals surface area contributed by atoms with Crippen molar-refractivity contribution in [1.29, 1.82) is 0 Å². The molecule has 0 aliphatic heterocycles. The second kappa shape index (κ2) is 9.02. The molecule has 6 nitrogen and oxygen atoms in total. The lowest BCUT2D eigenvalue weighted by atomic mass is 10.2. The number of rotatable bonds is 8. The van der Waals surface area contributed by atoms with Crippen molar-refractivity contribution in [2.24, 2.45) is 0 Å². The zero-order valence-electron chi connectivity index (χ0n) is 11.6. The van der Waals surface area contributed by atoms with E-state index in [1.54, 1.807) is 0 Å². The molecule has 0 radical (unpaired) electrons. The van der Waals surface area contributed by atoms with Crippen LogP contribution >= 0.6 is 11.8 Å². The molecule has 0 saturated carbocycles. The molecule has 1 amide bonds. The van der Waals surface area contributed by atoms with Crippen molar-refractivity contribution >= 4 is 29.6 Å². The summed E-state index contributed by atoms with van der Waals surface area (Å²) >= 11 is 1.50. The van der Waals surface area contributed by atoms with Crippen LogP contribution in [-0.2, 0) is 19.1 Å². The summed E-state index contributed by atoms with van der Waals surface area (Å²) in [4.78, 5) is 34.7. The molecule has 2 N–H and O–H groups in total. The molecule has 1 aromatic carbocycles. The molecule has 21 heavy (non-hydrogen) atoms. The van der Waals surface area contributed by atoms with Gasteiger partial charge in [-0.3, -0.25) is 9.59 Å². The second-order valence-corrected chi connectivity index (χ2v) is 5.32. The molecule has 0 fully saturated rings. The highest BCUT2D eigenvalue weighted by Crippen LogP contribution is 2.17. The standard InChI is InChI=1S/C14H17NO5S/c1-20-13(17)9-11(14(18)19)15-12(16)7-8-21-10-5-3-2-4-6-10/h2-6,11H,7-9H2,1H3,(H,15,16)(H,18,19)/t11-/m0/s1. The fourth-order valence-electron chi connectivity index (χ4n) is 1.49. The number of carboxylic acids is 1. The van der Waals surface area contributed by atoms with Gasteiger partial charge in [-0.25, -0.2) is 4.79 Å². The smallest absolute Gasteiger partial charge is 0.326 e. The van der Waals surface area contributed by atoms with Gasteiger partial charge in [0.25, 0.3) is 0 Å². The van der Waals surface area contributed by atoms with E-state index in [2.05, 4.69) is 10.1 Å². The SMILES string of the molecule is COC(=O)C[C@H](NC(=O)CCSc1ccccc1)C(=O)O. The average molecular weight is 311 g/mol. The highest BCUT2D eigenvalue weighted by molar-refractivity contribution is 7.99. The van der Waals surface area contributed by atoms with Gasteiger partial charge in [0, 0.05) is 17.1 Å². The third kappa shape index (κ3) is 6.80. The van der Waals surface area contributed by atoms with Crippen molar-refractivity contribution in [1.82, 2.24) is 5.32 Å². The number of nitrogens with one attached hydrogen (secondary N) is 1. The Morgan fingerprint density at radius 3 is 2.52 bits per heavy atom. The van der Waals surface area contributed by atoms with Crippen molar-refractivity contribution in [3.05, 3.63) is 30.3 Å². The maximum atomic E-state index is 11.7. The van der Waals surface area contributed by atoms with E-state index < -0.39 is 23.9 Å². The van der Waals surface area contributed by atoms with Gasteiger partial charge in [-0.15, -0.1) is 11.8 Å². The zero-order chi connectivity index (χ0) is 15.7. The normalized spacial score (nSPS) is 11.5. The summed E-state index contributed by atoms with van der Waals surface area (Å²) in [7, 11) is 1.17. The third-order valence-corrected chi connectivity index (χ3v) is 3.59. The summed E-state index contributed by atoms with van der Waals surface area (Å²) in [6, 6.07) is 8.31. The van der Waals surface area contributed by atoms with E-state index >= 15 is 0 Å². The highest BCUT2D eigenvalue weighted by atomic mass is 32.2. The largest absolute Gasteiger partial charge is 0.480 e. The molecule has 1 rings (SSSR count). The summed E-state index contributed by atoms with van der Waals surface area (Å²) < 4.78 is 4.39. The van der Waals surface area contributed by atoms with Crippen LogP contribution in [0.2, 0.25) is 0 Å². The lowest BCUT2D eigenvalue weighted by Gasteiger charge is -2.13. The lowest BCUT2D eigenvalue weighted by Crippen LogP contribution is -2.42. The summed E-state index contributed by atoms with van der Waals surface area (Å²) in [5.74, 6) is -1.82. The van der Waals surface area contributed by atoms with Crippen molar-refractivity contribution in [3.63, 3.8) is 0 Å². The number of carbonyl (C=O) groups is 3. The van der Waals surface area contributed by atoms with Crippen LogP contribution in [0, 0.1) is 0 Å². The van der Waals surface area contributed by atoms with Crippen LogP contribution in [0.15, 0.2) is 35.2 Å². The number of thioether (sulfide) groups is 1.